The third-order valence-corrected chi connectivity index (χ3v) is 3.10. The van der Waals surface area contributed by atoms with Gasteiger partial charge in [0.2, 0.25) is 0 Å². The Labute approximate surface area is 125 Å². The number of hydrogen-bond acceptors (Lipinski definition) is 3. The number of benzene rings is 1. The Morgan fingerprint density at radius 1 is 1.10 bits per heavy atom. The molecule has 21 heavy (non-hydrogen) atoms. The highest BCUT2D eigenvalue weighted by Crippen LogP contribution is 2.06. The summed E-state index contributed by atoms with van der Waals surface area (Å²) in [5.74, 6) is -0.143. The van der Waals surface area contributed by atoms with Crippen molar-refractivity contribution in [3.8, 4) is 0 Å². The number of carbonyl (C=O) groups is 1. The largest absolute Gasteiger partial charge is 0.347 e. The van der Waals surface area contributed by atoms with Crippen molar-refractivity contribution in [3.63, 3.8) is 0 Å². The van der Waals surface area contributed by atoms with E-state index in [4.69, 9.17) is 0 Å². The van der Waals surface area contributed by atoms with Crippen LogP contribution < -0.4 is 5.32 Å². The lowest BCUT2D eigenvalue weighted by molar-refractivity contribution is 0.0945. The van der Waals surface area contributed by atoms with Crippen LogP contribution in [0.3, 0.4) is 0 Å². The zero-order chi connectivity index (χ0) is 15.2. The number of aryl methyl sites for hydroxylation is 1. The van der Waals surface area contributed by atoms with Gasteiger partial charge in [0.25, 0.3) is 5.91 Å². The van der Waals surface area contributed by atoms with Crippen molar-refractivity contribution in [2.45, 2.75) is 20.0 Å². The monoisotopic (exact) mass is 283 g/mol. The van der Waals surface area contributed by atoms with E-state index in [1.165, 1.54) is 5.56 Å². The first-order valence-electron chi connectivity index (χ1n) is 6.99. The fraction of sp³-hybridized carbons (Fsp3) is 0.294. The normalized spacial score (nSPS) is 10.7. The Morgan fingerprint density at radius 2 is 1.76 bits per heavy atom. The maximum absolute atomic E-state index is 12.0. The van der Waals surface area contributed by atoms with Crippen molar-refractivity contribution >= 4 is 5.91 Å². The molecule has 0 spiro atoms. The highest BCUT2D eigenvalue weighted by atomic mass is 16.1. The van der Waals surface area contributed by atoms with Gasteiger partial charge < -0.3 is 10.2 Å². The summed E-state index contributed by atoms with van der Waals surface area (Å²) >= 11 is 0. The molecule has 1 N–H and O–H groups in total. The second kappa shape index (κ2) is 6.99. The Morgan fingerprint density at radius 3 is 2.38 bits per heavy atom. The molecule has 0 aliphatic rings. The summed E-state index contributed by atoms with van der Waals surface area (Å²) in [6.45, 7) is 3.30. The molecule has 1 aromatic heterocycles. The van der Waals surface area contributed by atoms with Crippen molar-refractivity contribution in [3.05, 3.63) is 65.0 Å². The maximum Gasteiger partial charge on any atom is 0.270 e. The third-order valence-electron chi connectivity index (χ3n) is 3.10. The molecule has 1 heterocycles. The van der Waals surface area contributed by atoms with E-state index in [0.29, 0.717) is 12.2 Å². The average Bonchev–Trinajstić information content (AvgIpc) is 2.45. The second-order valence-electron chi connectivity index (χ2n) is 5.40. The minimum absolute atomic E-state index is 0.143. The van der Waals surface area contributed by atoms with Crippen LogP contribution in [0.4, 0.5) is 0 Å². The molecular weight excluding hydrogens is 262 g/mol. The van der Waals surface area contributed by atoms with Gasteiger partial charge in [0.1, 0.15) is 5.69 Å². The SMILES string of the molecule is Cc1cccc(C(=O)NCc2ccc(CN(C)C)cc2)n1. The summed E-state index contributed by atoms with van der Waals surface area (Å²) in [6, 6.07) is 13.7. The molecule has 2 rings (SSSR count). The van der Waals surface area contributed by atoms with Gasteiger partial charge in [-0.1, -0.05) is 30.3 Å². The number of rotatable bonds is 5. The fourth-order valence-corrected chi connectivity index (χ4v) is 2.07. The predicted octanol–water partition coefficient (Wildman–Crippen LogP) is 2.38. The van der Waals surface area contributed by atoms with Gasteiger partial charge in [0.15, 0.2) is 0 Å². The first-order valence-corrected chi connectivity index (χ1v) is 6.99. The Bertz CT molecular complexity index is 606. The number of amides is 1. The van der Waals surface area contributed by atoms with E-state index in [1.54, 1.807) is 6.07 Å². The van der Waals surface area contributed by atoms with Crippen LogP contribution in [0.1, 0.15) is 27.3 Å². The quantitative estimate of drug-likeness (QED) is 0.916. The lowest BCUT2D eigenvalue weighted by atomic mass is 10.1. The van der Waals surface area contributed by atoms with Crippen molar-refractivity contribution in [2.75, 3.05) is 14.1 Å². The van der Waals surface area contributed by atoms with Gasteiger partial charge in [-0.05, 0) is 44.3 Å². The molecule has 1 amide bonds. The first kappa shape index (κ1) is 15.2. The molecule has 0 unspecified atom stereocenters. The van der Waals surface area contributed by atoms with Crippen LogP contribution in [0, 0.1) is 6.92 Å². The molecule has 0 saturated heterocycles. The number of aromatic nitrogens is 1. The second-order valence-corrected chi connectivity index (χ2v) is 5.40. The highest BCUT2D eigenvalue weighted by Gasteiger charge is 2.06. The van der Waals surface area contributed by atoms with Gasteiger partial charge in [-0.15, -0.1) is 0 Å². The predicted molar refractivity (Wildman–Crippen MR) is 84.0 cm³/mol. The van der Waals surface area contributed by atoms with Crippen LogP contribution in [-0.4, -0.2) is 29.9 Å². The number of pyridine rings is 1. The first-order chi connectivity index (χ1) is 10.0. The van der Waals surface area contributed by atoms with E-state index >= 15 is 0 Å². The zero-order valence-corrected chi connectivity index (χ0v) is 12.8. The zero-order valence-electron chi connectivity index (χ0n) is 12.8. The van der Waals surface area contributed by atoms with E-state index in [1.807, 2.05) is 45.3 Å². The number of carbonyl (C=O) groups excluding carboxylic acids is 1. The molecule has 4 heteroatoms. The van der Waals surface area contributed by atoms with Crippen LogP contribution in [0.15, 0.2) is 42.5 Å². The summed E-state index contributed by atoms with van der Waals surface area (Å²) < 4.78 is 0. The van der Waals surface area contributed by atoms with Gasteiger partial charge in [-0.2, -0.15) is 0 Å². The Hall–Kier alpha value is -2.20. The average molecular weight is 283 g/mol. The molecule has 4 nitrogen and oxygen atoms in total. The van der Waals surface area contributed by atoms with Crippen LogP contribution in [0.2, 0.25) is 0 Å². The maximum atomic E-state index is 12.0. The summed E-state index contributed by atoms with van der Waals surface area (Å²) in [4.78, 5) is 18.3. The van der Waals surface area contributed by atoms with Crippen LogP contribution in [0.25, 0.3) is 0 Å². The molecule has 0 radical (unpaired) electrons. The van der Waals surface area contributed by atoms with Gasteiger partial charge in [-0.25, -0.2) is 4.98 Å². The topological polar surface area (TPSA) is 45.2 Å². The van der Waals surface area contributed by atoms with Crippen molar-refractivity contribution in [1.82, 2.24) is 15.2 Å². The fourth-order valence-electron chi connectivity index (χ4n) is 2.07. The molecule has 0 aliphatic carbocycles. The van der Waals surface area contributed by atoms with E-state index in [2.05, 4.69) is 27.3 Å². The molecule has 110 valence electrons. The van der Waals surface area contributed by atoms with E-state index in [0.717, 1.165) is 17.8 Å². The standard InChI is InChI=1S/C17H21N3O/c1-13-5-4-6-16(19-13)17(21)18-11-14-7-9-15(10-8-14)12-20(2)3/h4-10H,11-12H2,1-3H3,(H,18,21). The van der Waals surface area contributed by atoms with Gasteiger partial charge >= 0.3 is 0 Å². The lowest BCUT2D eigenvalue weighted by Crippen LogP contribution is -2.24. The number of nitrogens with one attached hydrogen (secondary N) is 1. The van der Waals surface area contributed by atoms with E-state index in [9.17, 15) is 4.79 Å². The Kier molecular flexibility index (Phi) is 5.06. The molecule has 0 bridgehead atoms. The molecule has 0 fully saturated rings. The van der Waals surface area contributed by atoms with Gasteiger partial charge in [-0.3, -0.25) is 4.79 Å². The minimum Gasteiger partial charge on any atom is -0.347 e. The van der Waals surface area contributed by atoms with Crippen molar-refractivity contribution in [1.29, 1.82) is 0 Å². The van der Waals surface area contributed by atoms with Crippen molar-refractivity contribution in [2.24, 2.45) is 0 Å². The lowest BCUT2D eigenvalue weighted by Gasteiger charge is -2.10. The third kappa shape index (κ3) is 4.68. The molecule has 0 saturated carbocycles. The summed E-state index contributed by atoms with van der Waals surface area (Å²) in [7, 11) is 4.09. The summed E-state index contributed by atoms with van der Waals surface area (Å²) in [5.41, 5.74) is 3.64. The Balaban J connectivity index is 1.92. The van der Waals surface area contributed by atoms with Crippen LogP contribution in [-0.2, 0) is 13.1 Å². The molecule has 0 aliphatic heterocycles. The summed E-state index contributed by atoms with van der Waals surface area (Å²) in [6.07, 6.45) is 0. The van der Waals surface area contributed by atoms with Crippen molar-refractivity contribution < 1.29 is 4.79 Å². The van der Waals surface area contributed by atoms with Gasteiger partial charge in [0, 0.05) is 18.8 Å². The number of hydrogen-bond donors (Lipinski definition) is 1. The molecule has 1 aromatic carbocycles. The molecule has 0 atom stereocenters. The molecule has 2 aromatic rings. The molecular formula is C17H21N3O. The van der Waals surface area contributed by atoms with E-state index < -0.39 is 0 Å². The van der Waals surface area contributed by atoms with E-state index in [-0.39, 0.29) is 5.91 Å². The van der Waals surface area contributed by atoms with Gasteiger partial charge in [0.05, 0.1) is 0 Å². The minimum atomic E-state index is -0.143. The number of nitrogens with zero attached hydrogens (tertiary/aromatic N) is 2. The highest BCUT2D eigenvalue weighted by molar-refractivity contribution is 5.92. The van der Waals surface area contributed by atoms with Crippen LogP contribution >= 0.6 is 0 Å². The van der Waals surface area contributed by atoms with Crippen LogP contribution in [0.5, 0.6) is 0 Å². The smallest absolute Gasteiger partial charge is 0.270 e. The summed E-state index contributed by atoms with van der Waals surface area (Å²) in [5, 5.41) is 2.89.